The van der Waals surface area contributed by atoms with Crippen LogP contribution >= 0.6 is 11.3 Å². The van der Waals surface area contributed by atoms with E-state index in [1.807, 2.05) is 28.7 Å². The maximum Gasteiger partial charge on any atom is 0.267 e. The molecule has 1 amide bonds. The van der Waals surface area contributed by atoms with Crippen molar-refractivity contribution in [3.63, 3.8) is 0 Å². The van der Waals surface area contributed by atoms with Crippen LogP contribution in [0.5, 0.6) is 5.75 Å². The van der Waals surface area contributed by atoms with Gasteiger partial charge in [0.05, 0.1) is 6.61 Å². The van der Waals surface area contributed by atoms with Gasteiger partial charge >= 0.3 is 0 Å². The summed E-state index contributed by atoms with van der Waals surface area (Å²) in [4.78, 5) is 25.5. The molecule has 6 nitrogen and oxygen atoms in total. The van der Waals surface area contributed by atoms with Gasteiger partial charge in [-0.05, 0) is 85.7 Å². The molecule has 3 aromatic rings. The van der Waals surface area contributed by atoms with E-state index < -0.39 is 0 Å². The molecule has 0 unspecified atom stereocenters. The van der Waals surface area contributed by atoms with Gasteiger partial charge in [0.25, 0.3) is 5.91 Å². The minimum Gasteiger partial charge on any atom is -0.492 e. The van der Waals surface area contributed by atoms with Crippen LogP contribution in [0.2, 0.25) is 0 Å². The minimum atomic E-state index is 0.149. The van der Waals surface area contributed by atoms with E-state index in [2.05, 4.69) is 65.0 Å². The highest BCUT2D eigenvalue weighted by Gasteiger charge is 2.34. The van der Waals surface area contributed by atoms with Crippen molar-refractivity contribution in [2.45, 2.75) is 57.7 Å². The molecule has 7 heteroatoms. The smallest absolute Gasteiger partial charge is 0.267 e. The van der Waals surface area contributed by atoms with Crippen molar-refractivity contribution in [1.29, 1.82) is 0 Å². The van der Waals surface area contributed by atoms with Crippen LogP contribution in [0, 0.1) is 5.92 Å². The standard InChI is InChI=1S/C32H40N4O2S/c1-23-21-35(18-19-36(23)24(2)26-5-7-27(8-6-26)28-9-14-33-15-10-28)29-11-16-34(17-12-29)32(37)31-30(13-20-39-31)38-22-25-3-4-25/h5-10,13-15,20,23-25,29H,3-4,11-12,16-19,21-22H2,1-2H3/t23-,24+/m1/s1. The van der Waals surface area contributed by atoms with Gasteiger partial charge in [0.2, 0.25) is 0 Å². The molecule has 1 aliphatic carbocycles. The second kappa shape index (κ2) is 11.8. The molecule has 1 aromatic carbocycles. The molecule has 0 bridgehead atoms. The van der Waals surface area contributed by atoms with Gasteiger partial charge < -0.3 is 9.64 Å². The summed E-state index contributed by atoms with van der Waals surface area (Å²) in [5.41, 5.74) is 3.81. The van der Waals surface area contributed by atoms with Gasteiger partial charge in [0.15, 0.2) is 0 Å². The number of carbonyl (C=O) groups excluding carboxylic acids is 1. The molecule has 39 heavy (non-hydrogen) atoms. The van der Waals surface area contributed by atoms with Gasteiger partial charge in [-0.25, -0.2) is 0 Å². The quantitative estimate of drug-likeness (QED) is 0.350. The monoisotopic (exact) mass is 544 g/mol. The number of piperidine rings is 1. The maximum atomic E-state index is 13.3. The van der Waals surface area contributed by atoms with Crippen molar-refractivity contribution < 1.29 is 9.53 Å². The first kappa shape index (κ1) is 26.5. The number of hydrogen-bond acceptors (Lipinski definition) is 6. The van der Waals surface area contributed by atoms with Crippen molar-refractivity contribution >= 4 is 17.2 Å². The first-order chi connectivity index (χ1) is 19.1. The molecule has 206 valence electrons. The third kappa shape index (κ3) is 6.06. The number of pyridine rings is 1. The number of ether oxygens (including phenoxy) is 1. The molecule has 3 aliphatic rings. The molecule has 4 heterocycles. The maximum absolute atomic E-state index is 13.3. The van der Waals surface area contributed by atoms with Crippen LogP contribution in [0.1, 0.15) is 60.8 Å². The summed E-state index contributed by atoms with van der Waals surface area (Å²) in [6, 6.07) is 16.5. The van der Waals surface area contributed by atoms with Crippen LogP contribution in [0.15, 0.2) is 60.2 Å². The Balaban J connectivity index is 0.999. The Hall–Kier alpha value is -2.74. The van der Waals surface area contributed by atoms with Crippen LogP contribution in [0.25, 0.3) is 11.1 Å². The van der Waals surface area contributed by atoms with E-state index in [4.69, 9.17) is 4.74 Å². The van der Waals surface area contributed by atoms with E-state index in [-0.39, 0.29) is 5.91 Å². The lowest BCUT2D eigenvalue weighted by atomic mass is 9.97. The number of nitrogens with zero attached hydrogens (tertiary/aromatic N) is 4. The lowest BCUT2D eigenvalue weighted by Crippen LogP contribution is -2.57. The average Bonchev–Trinajstić information content (AvgIpc) is 3.70. The molecule has 2 aromatic heterocycles. The average molecular weight is 545 g/mol. The molecule has 2 saturated heterocycles. The number of benzene rings is 1. The summed E-state index contributed by atoms with van der Waals surface area (Å²) < 4.78 is 5.98. The van der Waals surface area contributed by atoms with Gasteiger partial charge in [-0.1, -0.05) is 24.3 Å². The third-order valence-corrected chi connectivity index (χ3v) is 9.76. The van der Waals surface area contributed by atoms with E-state index in [1.165, 1.54) is 40.9 Å². The van der Waals surface area contributed by atoms with Gasteiger partial charge in [0.1, 0.15) is 10.6 Å². The number of piperazine rings is 1. The number of rotatable bonds is 8. The fourth-order valence-electron chi connectivity index (χ4n) is 6.23. The Morgan fingerprint density at radius 1 is 0.974 bits per heavy atom. The lowest BCUT2D eigenvalue weighted by molar-refractivity contribution is 0.0135. The molecular weight excluding hydrogens is 504 g/mol. The number of thiophene rings is 1. The Labute approximate surface area is 236 Å². The summed E-state index contributed by atoms with van der Waals surface area (Å²) in [7, 11) is 0. The van der Waals surface area contributed by atoms with E-state index in [9.17, 15) is 4.79 Å². The van der Waals surface area contributed by atoms with Crippen molar-refractivity contribution in [3.8, 4) is 16.9 Å². The highest BCUT2D eigenvalue weighted by atomic mass is 32.1. The fourth-order valence-corrected chi connectivity index (χ4v) is 7.03. The third-order valence-electron chi connectivity index (χ3n) is 8.88. The largest absolute Gasteiger partial charge is 0.492 e. The van der Waals surface area contributed by atoms with Gasteiger partial charge in [-0.3, -0.25) is 19.6 Å². The van der Waals surface area contributed by atoms with Crippen molar-refractivity contribution in [3.05, 3.63) is 70.7 Å². The molecule has 0 spiro atoms. The first-order valence-corrected chi connectivity index (χ1v) is 15.4. The van der Waals surface area contributed by atoms with Crippen molar-refractivity contribution in [2.75, 3.05) is 39.3 Å². The number of amides is 1. The van der Waals surface area contributed by atoms with E-state index in [0.717, 1.165) is 62.8 Å². The lowest BCUT2D eigenvalue weighted by Gasteiger charge is -2.47. The summed E-state index contributed by atoms with van der Waals surface area (Å²) in [5.74, 6) is 1.62. The van der Waals surface area contributed by atoms with Crippen LogP contribution in [-0.4, -0.2) is 77.0 Å². The Kier molecular flexibility index (Phi) is 8.00. The van der Waals surface area contributed by atoms with Crippen molar-refractivity contribution in [1.82, 2.24) is 19.7 Å². The normalized spacial score (nSPS) is 22.1. The van der Waals surface area contributed by atoms with Crippen molar-refractivity contribution in [2.24, 2.45) is 5.92 Å². The highest BCUT2D eigenvalue weighted by molar-refractivity contribution is 7.12. The molecule has 2 aliphatic heterocycles. The van der Waals surface area contributed by atoms with Gasteiger partial charge in [-0.2, -0.15) is 0 Å². The predicted molar refractivity (Wildman–Crippen MR) is 157 cm³/mol. The predicted octanol–water partition coefficient (Wildman–Crippen LogP) is 5.97. The zero-order chi connectivity index (χ0) is 26.8. The van der Waals surface area contributed by atoms with Gasteiger partial charge in [-0.15, -0.1) is 11.3 Å². The molecule has 0 N–H and O–H groups in total. The van der Waals surface area contributed by atoms with E-state index >= 15 is 0 Å². The molecular formula is C32H40N4O2S. The highest BCUT2D eigenvalue weighted by Crippen LogP contribution is 2.33. The molecule has 0 radical (unpaired) electrons. The summed E-state index contributed by atoms with van der Waals surface area (Å²) in [6.07, 6.45) is 8.31. The summed E-state index contributed by atoms with van der Waals surface area (Å²) in [6.45, 7) is 10.4. The number of carbonyl (C=O) groups is 1. The zero-order valence-electron chi connectivity index (χ0n) is 23.2. The van der Waals surface area contributed by atoms with Crippen LogP contribution in [0.3, 0.4) is 0 Å². The number of aromatic nitrogens is 1. The molecule has 6 rings (SSSR count). The minimum absolute atomic E-state index is 0.149. The first-order valence-electron chi connectivity index (χ1n) is 14.6. The number of likely N-dealkylation sites (tertiary alicyclic amines) is 1. The Morgan fingerprint density at radius 2 is 1.69 bits per heavy atom. The van der Waals surface area contributed by atoms with E-state index in [0.29, 0.717) is 24.0 Å². The molecule has 1 saturated carbocycles. The van der Waals surface area contributed by atoms with Crippen LogP contribution < -0.4 is 4.74 Å². The molecule has 3 fully saturated rings. The summed E-state index contributed by atoms with van der Waals surface area (Å²) in [5, 5.41) is 1.99. The Morgan fingerprint density at radius 3 is 2.38 bits per heavy atom. The topological polar surface area (TPSA) is 48.9 Å². The van der Waals surface area contributed by atoms with E-state index in [1.54, 1.807) is 0 Å². The van der Waals surface area contributed by atoms with Crippen LogP contribution in [-0.2, 0) is 0 Å². The summed E-state index contributed by atoms with van der Waals surface area (Å²) >= 11 is 1.52. The second-order valence-corrected chi connectivity index (χ2v) is 12.4. The van der Waals surface area contributed by atoms with Gasteiger partial charge in [0, 0.05) is 63.2 Å². The Bertz CT molecular complexity index is 1230. The SMILES string of the molecule is C[C@@H]1CN(C2CCN(C(=O)c3sccc3OCC3CC3)CC2)CCN1[C@@H](C)c1ccc(-c2ccncc2)cc1. The van der Waals surface area contributed by atoms with Crippen LogP contribution in [0.4, 0.5) is 0 Å². The zero-order valence-corrected chi connectivity index (χ0v) is 24.0. The fraction of sp³-hybridized carbons (Fsp3) is 0.500. The second-order valence-electron chi connectivity index (χ2n) is 11.5. The molecule has 2 atom stereocenters. The number of hydrogen-bond donors (Lipinski definition) is 0.